The van der Waals surface area contributed by atoms with Gasteiger partial charge in [0.1, 0.15) is 0 Å². The molecular formula is C13H22Cl2Zr. The summed E-state index contributed by atoms with van der Waals surface area (Å²) in [5.41, 5.74) is 3.30. The van der Waals surface area contributed by atoms with E-state index in [1.807, 2.05) is 0 Å². The van der Waals surface area contributed by atoms with Crippen molar-refractivity contribution in [3.63, 3.8) is 0 Å². The maximum atomic E-state index is 4.93. The van der Waals surface area contributed by atoms with E-state index < -0.39 is 20.8 Å². The van der Waals surface area contributed by atoms with Crippen LogP contribution in [0.5, 0.6) is 0 Å². The summed E-state index contributed by atoms with van der Waals surface area (Å²) in [6.07, 6.45) is 14.0. The molecular weight excluding hydrogens is 318 g/mol. The van der Waals surface area contributed by atoms with E-state index in [2.05, 4.69) is 26.0 Å². The van der Waals surface area contributed by atoms with Gasteiger partial charge in [0, 0.05) is 0 Å². The predicted molar refractivity (Wildman–Crippen MR) is 71.5 cm³/mol. The Morgan fingerprint density at radius 3 is 1.69 bits per heavy atom. The van der Waals surface area contributed by atoms with E-state index in [9.17, 15) is 0 Å². The van der Waals surface area contributed by atoms with Crippen molar-refractivity contribution in [3.8, 4) is 0 Å². The molecule has 1 rings (SSSR count). The SMILES string of the molecule is CCCCC1=CCC=C1CCCC.[Cl][Zr][Cl]. The van der Waals surface area contributed by atoms with Crippen LogP contribution in [0.4, 0.5) is 0 Å². The summed E-state index contributed by atoms with van der Waals surface area (Å²) in [5, 5.41) is 0. The minimum absolute atomic E-state index is 0.826. The average Bonchev–Trinajstić information content (AvgIpc) is 2.72. The molecule has 0 heterocycles. The zero-order valence-electron chi connectivity index (χ0n) is 10.4. The molecule has 0 aromatic heterocycles. The van der Waals surface area contributed by atoms with E-state index in [0.29, 0.717) is 0 Å². The minimum atomic E-state index is -0.826. The van der Waals surface area contributed by atoms with Crippen molar-refractivity contribution in [2.24, 2.45) is 0 Å². The second-order valence-electron chi connectivity index (χ2n) is 3.97. The van der Waals surface area contributed by atoms with Gasteiger partial charge in [-0.2, -0.15) is 0 Å². The van der Waals surface area contributed by atoms with Crippen LogP contribution in [0.1, 0.15) is 58.8 Å². The van der Waals surface area contributed by atoms with Crippen LogP contribution < -0.4 is 0 Å². The third-order valence-corrected chi connectivity index (χ3v) is 2.74. The third-order valence-electron chi connectivity index (χ3n) is 2.74. The Kier molecular flexibility index (Phi) is 13.1. The molecule has 0 bridgehead atoms. The summed E-state index contributed by atoms with van der Waals surface area (Å²) in [5.74, 6) is 0. The van der Waals surface area contributed by atoms with Crippen LogP contribution in [0.2, 0.25) is 0 Å². The predicted octanol–water partition coefficient (Wildman–Crippen LogP) is 6.00. The summed E-state index contributed by atoms with van der Waals surface area (Å²) >= 11 is -0.826. The van der Waals surface area contributed by atoms with Gasteiger partial charge >= 0.3 is 37.9 Å². The fourth-order valence-electron chi connectivity index (χ4n) is 1.87. The van der Waals surface area contributed by atoms with Gasteiger partial charge in [0.25, 0.3) is 0 Å². The molecule has 0 unspecified atom stereocenters. The van der Waals surface area contributed by atoms with Crippen molar-refractivity contribution in [2.45, 2.75) is 58.8 Å². The maximum absolute atomic E-state index is 4.93. The van der Waals surface area contributed by atoms with Gasteiger partial charge in [-0.3, -0.25) is 0 Å². The number of hydrogen-bond acceptors (Lipinski definition) is 0. The van der Waals surface area contributed by atoms with Gasteiger partial charge in [-0.15, -0.1) is 0 Å². The Morgan fingerprint density at radius 1 is 1.00 bits per heavy atom. The molecule has 0 aliphatic heterocycles. The Morgan fingerprint density at radius 2 is 1.38 bits per heavy atom. The number of halogens is 2. The van der Waals surface area contributed by atoms with Gasteiger partial charge in [0.05, 0.1) is 0 Å². The molecule has 0 saturated carbocycles. The summed E-state index contributed by atoms with van der Waals surface area (Å²) < 4.78 is 0. The normalized spacial score (nSPS) is 13.8. The molecule has 1 aliphatic rings. The molecule has 16 heavy (non-hydrogen) atoms. The molecule has 0 amide bonds. The first kappa shape index (κ1) is 16.9. The van der Waals surface area contributed by atoms with Crippen molar-refractivity contribution in [2.75, 3.05) is 0 Å². The molecule has 0 atom stereocenters. The first-order valence-corrected chi connectivity index (χ1v) is 12.5. The molecule has 92 valence electrons. The van der Waals surface area contributed by atoms with E-state index in [-0.39, 0.29) is 0 Å². The Bertz CT molecular complexity index is 200. The van der Waals surface area contributed by atoms with Gasteiger partial charge in [0.15, 0.2) is 0 Å². The fraction of sp³-hybridized carbons (Fsp3) is 0.692. The van der Waals surface area contributed by atoms with E-state index in [1.165, 1.54) is 44.9 Å². The van der Waals surface area contributed by atoms with Crippen LogP contribution in [0.15, 0.2) is 23.3 Å². The van der Waals surface area contributed by atoms with Crippen molar-refractivity contribution < 1.29 is 20.8 Å². The zero-order chi connectivity index (χ0) is 12.2. The zero-order valence-corrected chi connectivity index (χ0v) is 14.3. The van der Waals surface area contributed by atoms with Crippen LogP contribution in [0.25, 0.3) is 0 Å². The van der Waals surface area contributed by atoms with Crippen molar-refractivity contribution in [1.82, 2.24) is 0 Å². The molecule has 0 saturated heterocycles. The number of allylic oxidation sites excluding steroid dienone is 4. The molecule has 1 aliphatic carbocycles. The van der Waals surface area contributed by atoms with Crippen LogP contribution in [0.3, 0.4) is 0 Å². The van der Waals surface area contributed by atoms with E-state index in [4.69, 9.17) is 17.0 Å². The molecule has 0 radical (unpaired) electrons. The Hall–Kier alpha value is 0.943. The molecule has 0 nitrogen and oxygen atoms in total. The Balaban J connectivity index is 0.000000673. The van der Waals surface area contributed by atoms with Gasteiger partial charge in [-0.1, -0.05) is 38.8 Å². The quantitative estimate of drug-likeness (QED) is 0.556. The van der Waals surface area contributed by atoms with E-state index in [0.717, 1.165) is 0 Å². The van der Waals surface area contributed by atoms with E-state index in [1.54, 1.807) is 11.1 Å². The standard InChI is InChI=1S/C13H22.2ClH.Zr/c1-3-5-8-12-10-7-11-13(12)9-6-4-2;;;/h10-11H,3-9H2,1-2H3;2*1H;/q;;;+2/p-2. The monoisotopic (exact) mass is 338 g/mol. The first-order valence-electron chi connectivity index (χ1n) is 6.14. The summed E-state index contributed by atoms with van der Waals surface area (Å²) in [6.45, 7) is 4.54. The van der Waals surface area contributed by atoms with Gasteiger partial charge in [-0.05, 0) is 43.3 Å². The van der Waals surface area contributed by atoms with Gasteiger partial charge in [0.2, 0.25) is 0 Å². The number of hydrogen-bond donors (Lipinski definition) is 0. The molecule has 3 heteroatoms. The molecule has 0 aromatic carbocycles. The molecule has 0 aromatic rings. The summed E-state index contributed by atoms with van der Waals surface area (Å²) in [7, 11) is 9.87. The van der Waals surface area contributed by atoms with Gasteiger partial charge in [-0.25, -0.2) is 0 Å². The topological polar surface area (TPSA) is 0 Å². The number of rotatable bonds is 6. The van der Waals surface area contributed by atoms with Crippen molar-refractivity contribution in [1.29, 1.82) is 0 Å². The number of unbranched alkanes of at least 4 members (excludes halogenated alkanes) is 2. The molecule has 0 N–H and O–H groups in total. The second kappa shape index (κ2) is 12.4. The Labute approximate surface area is 119 Å². The van der Waals surface area contributed by atoms with E-state index >= 15 is 0 Å². The van der Waals surface area contributed by atoms with Crippen LogP contribution in [-0.2, 0) is 20.8 Å². The average molecular weight is 340 g/mol. The van der Waals surface area contributed by atoms with Gasteiger partial charge < -0.3 is 0 Å². The van der Waals surface area contributed by atoms with Crippen LogP contribution >= 0.6 is 17.0 Å². The molecule has 0 fully saturated rings. The summed E-state index contributed by atoms with van der Waals surface area (Å²) in [4.78, 5) is 0. The first-order chi connectivity index (χ1) is 7.79. The van der Waals surface area contributed by atoms with Crippen LogP contribution in [-0.4, -0.2) is 0 Å². The second-order valence-corrected chi connectivity index (χ2v) is 7.70. The third kappa shape index (κ3) is 8.10. The fourth-order valence-corrected chi connectivity index (χ4v) is 1.87. The van der Waals surface area contributed by atoms with Crippen molar-refractivity contribution >= 4 is 17.0 Å². The van der Waals surface area contributed by atoms with Crippen molar-refractivity contribution in [3.05, 3.63) is 23.3 Å². The summed E-state index contributed by atoms with van der Waals surface area (Å²) in [6, 6.07) is 0. The molecule has 0 spiro atoms. The van der Waals surface area contributed by atoms with Crippen LogP contribution in [0, 0.1) is 0 Å².